The van der Waals surface area contributed by atoms with Gasteiger partial charge in [-0.2, -0.15) is 0 Å². The van der Waals surface area contributed by atoms with Crippen molar-refractivity contribution in [1.29, 1.82) is 0 Å². The average Bonchev–Trinajstić information content (AvgIpc) is 2.82. The van der Waals surface area contributed by atoms with E-state index in [1.807, 2.05) is 4.90 Å². The summed E-state index contributed by atoms with van der Waals surface area (Å²) >= 11 is 6.16. The molecule has 1 atom stereocenters. The minimum atomic E-state index is 0.0291. The lowest BCUT2D eigenvalue weighted by atomic mass is 10.2. The maximum Gasteiger partial charge on any atom is 0.255 e. The van der Waals surface area contributed by atoms with Crippen LogP contribution >= 0.6 is 11.6 Å². The van der Waals surface area contributed by atoms with E-state index in [4.69, 9.17) is 11.6 Å². The second-order valence-electron chi connectivity index (χ2n) is 4.97. The Hall–Kier alpha value is -1.29. The molecule has 2 heterocycles. The van der Waals surface area contributed by atoms with Gasteiger partial charge in [0.1, 0.15) is 5.82 Å². The lowest BCUT2D eigenvalue weighted by molar-refractivity contribution is 0.0747. The number of hydrogen-bond donors (Lipinski definition) is 1. The monoisotopic (exact) mass is 281 g/mol. The zero-order valence-corrected chi connectivity index (χ0v) is 12.2. The third kappa shape index (κ3) is 3.18. The molecular formula is C14H20ClN3O. The van der Waals surface area contributed by atoms with Crippen molar-refractivity contribution < 1.29 is 4.79 Å². The fraction of sp³-hybridized carbons (Fsp3) is 0.571. The average molecular weight is 282 g/mol. The lowest BCUT2D eigenvalue weighted by Gasteiger charge is -2.21. The number of rotatable bonds is 4. The summed E-state index contributed by atoms with van der Waals surface area (Å²) in [7, 11) is 0. The van der Waals surface area contributed by atoms with E-state index in [-0.39, 0.29) is 5.91 Å². The molecule has 1 aliphatic rings. The SMILES string of the molecule is CCCNc1ncc(C(=O)N2CCCC2C)cc1Cl. The fourth-order valence-electron chi connectivity index (χ4n) is 2.33. The number of carbonyl (C=O) groups is 1. The van der Waals surface area contributed by atoms with Gasteiger partial charge in [-0.15, -0.1) is 0 Å². The molecule has 1 amide bonds. The quantitative estimate of drug-likeness (QED) is 0.922. The van der Waals surface area contributed by atoms with E-state index < -0.39 is 0 Å². The van der Waals surface area contributed by atoms with Gasteiger partial charge in [-0.05, 0) is 32.3 Å². The van der Waals surface area contributed by atoms with E-state index in [0.29, 0.717) is 22.4 Å². The van der Waals surface area contributed by atoms with Gasteiger partial charge in [0.25, 0.3) is 5.91 Å². The number of likely N-dealkylation sites (tertiary alicyclic amines) is 1. The smallest absolute Gasteiger partial charge is 0.255 e. The highest BCUT2D eigenvalue weighted by Crippen LogP contribution is 2.23. The second-order valence-corrected chi connectivity index (χ2v) is 5.38. The standard InChI is InChI=1S/C14H20ClN3O/c1-3-6-16-13-12(15)8-11(9-17-13)14(19)18-7-4-5-10(18)2/h8-10H,3-7H2,1-2H3,(H,16,17). The molecule has 0 saturated carbocycles. The molecular weight excluding hydrogens is 262 g/mol. The molecule has 19 heavy (non-hydrogen) atoms. The zero-order chi connectivity index (χ0) is 13.8. The Balaban J connectivity index is 2.12. The molecule has 0 aromatic carbocycles. The van der Waals surface area contributed by atoms with Crippen molar-refractivity contribution >= 4 is 23.3 Å². The van der Waals surface area contributed by atoms with E-state index in [0.717, 1.165) is 32.4 Å². The van der Waals surface area contributed by atoms with E-state index in [9.17, 15) is 4.79 Å². The molecule has 0 spiro atoms. The van der Waals surface area contributed by atoms with E-state index in [1.54, 1.807) is 12.3 Å². The van der Waals surface area contributed by atoms with Crippen molar-refractivity contribution in [2.75, 3.05) is 18.4 Å². The van der Waals surface area contributed by atoms with Crippen LogP contribution in [0.15, 0.2) is 12.3 Å². The Labute approximate surface area is 119 Å². The molecule has 1 N–H and O–H groups in total. The molecule has 1 saturated heterocycles. The Morgan fingerprint density at radius 3 is 3.00 bits per heavy atom. The molecule has 0 bridgehead atoms. The van der Waals surface area contributed by atoms with Crippen LogP contribution in [0.25, 0.3) is 0 Å². The van der Waals surface area contributed by atoms with Crippen LogP contribution in [0.4, 0.5) is 5.82 Å². The number of nitrogens with one attached hydrogen (secondary N) is 1. The van der Waals surface area contributed by atoms with Crippen LogP contribution < -0.4 is 5.32 Å². The van der Waals surface area contributed by atoms with Crippen LogP contribution in [0.3, 0.4) is 0 Å². The zero-order valence-electron chi connectivity index (χ0n) is 11.4. The van der Waals surface area contributed by atoms with Crippen molar-refractivity contribution in [3.8, 4) is 0 Å². The van der Waals surface area contributed by atoms with Gasteiger partial charge in [-0.25, -0.2) is 4.98 Å². The maximum atomic E-state index is 12.3. The predicted octanol–water partition coefficient (Wildman–Crippen LogP) is 3.18. The summed E-state index contributed by atoms with van der Waals surface area (Å²) in [5.74, 6) is 0.677. The van der Waals surface area contributed by atoms with Crippen LogP contribution in [0.2, 0.25) is 5.02 Å². The molecule has 0 aliphatic carbocycles. The molecule has 104 valence electrons. The lowest BCUT2D eigenvalue weighted by Crippen LogP contribution is -2.33. The summed E-state index contributed by atoms with van der Waals surface area (Å²) in [5, 5.41) is 3.64. The number of nitrogens with zero attached hydrogens (tertiary/aromatic N) is 2. The first kappa shape index (κ1) is 14.1. The molecule has 1 aromatic heterocycles. The first-order valence-electron chi connectivity index (χ1n) is 6.84. The van der Waals surface area contributed by atoms with Crippen molar-refractivity contribution in [2.45, 2.75) is 39.2 Å². The van der Waals surface area contributed by atoms with Crippen LogP contribution in [-0.2, 0) is 0 Å². The van der Waals surface area contributed by atoms with Crippen molar-refractivity contribution in [3.63, 3.8) is 0 Å². The normalized spacial score (nSPS) is 18.7. The van der Waals surface area contributed by atoms with Crippen LogP contribution in [0.1, 0.15) is 43.5 Å². The third-order valence-electron chi connectivity index (χ3n) is 3.44. The van der Waals surface area contributed by atoms with Gasteiger partial charge < -0.3 is 10.2 Å². The number of hydrogen-bond acceptors (Lipinski definition) is 3. The predicted molar refractivity (Wildman–Crippen MR) is 77.8 cm³/mol. The number of amides is 1. The van der Waals surface area contributed by atoms with E-state index >= 15 is 0 Å². The number of anilines is 1. The molecule has 1 aliphatic heterocycles. The minimum Gasteiger partial charge on any atom is -0.369 e. The van der Waals surface area contributed by atoms with Crippen LogP contribution in [0.5, 0.6) is 0 Å². The number of halogens is 1. The van der Waals surface area contributed by atoms with Gasteiger partial charge in [0, 0.05) is 25.3 Å². The van der Waals surface area contributed by atoms with Gasteiger partial charge in [0.05, 0.1) is 10.6 Å². The number of pyridine rings is 1. The van der Waals surface area contributed by atoms with E-state index in [2.05, 4.69) is 24.1 Å². The van der Waals surface area contributed by atoms with Gasteiger partial charge in [-0.1, -0.05) is 18.5 Å². The van der Waals surface area contributed by atoms with Crippen LogP contribution in [-0.4, -0.2) is 34.9 Å². The first-order chi connectivity index (χ1) is 9.13. The summed E-state index contributed by atoms with van der Waals surface area (Å²) in [6.07, 6.45) is 4.76. The minimum absolute atomic E-state index is 0.0291. The molecule has 5 heteroatoms. The maximum absolute atomic E-state index is 12.3. The van der Waals surface area contributed by atoms with E-state index in [1.165, 1.54) is 0 Å². The highest BCUT2D eigenvalue weighted by molar-refractivity contribution is 6.33. The highest BCUT2D eigenvalue weighted by atomic mass is 35.5. The molecule has 1 unspecified atom stereocenters. The van der Waals surface area contributed by atoms with Crippen molar-refractivity contribution in [1.82, 2.24) is 9.88 Å². The Bertz CT molecular complexity index is 464. The Morgan fingerprint density at radius 2 is 2.42 bits per heavy atom. The van der Waals surface area contributed by atoms with Gasteiger partial charge in [0.15, 0.2) is 0 Å². The largest absolute Gasteiger partial charge is 0.369 e. The van der Waals surface area contributed by atoms with Crippen LogP contribution in [0, 0.1) is 0 Å². The number of aromatic nitrogens is 1. The highest BCUT2D eigenvalue weighted by Gasteiger charge is 2.26. The first-order valence-corrected chi connectivity index (χ1v) is 7.21. The second kappa shape index (κ2) is 6.24. The van der Waals surface area contributed by atoms with Crippen molar-refractivity contribution in [3.05, 3.63) is 22.8 Å². The summed E-state index contributed by atoms with van der Waals surface area (Å²) in [4.78, 5) is 18.5. The van der Waals surface area contributed by atoms with Gasteiger partial charge >= 0.3 is 0 Å². The fourth-order valence-corrected chi connectivity index (χ4v) is 2.56. The third-order valence-corrected chi connectivity index (χ3v) is 3.73. The summed E-state index contributed by atoms with van der Waals surface area (Å²) in [6.45, 7) is 5.81. The Morgan fingerprint density at radius 1 is 1.63 bits per heavy atom. The van der Waals surface area contributed by atoms with Gasteiger partial charge in [-0.3, -0.25) is 4.79 Å². The molecule has 0 radical (unpaired) electrons. The van der Waals surface area contributed by atoms with Gasteiger partial charge in [0.2, 0.25) is 0 Å². The number of carbonyl (C=O) groups excluding carboxylic acids is 1. The summed E-state index contributed by atoms with van der Waals surface area (Å²) in [5.41, 5.74) is 0.570. The molecule has 2 rings (SSSR count). The topological polar surface area (TPSA) is 45.2 Å². The van der Waals surface area contributed by atoms with Crippen molar-refractivity contribution in [2.24, 2.45) is 0 Å². The summed E-state index contributed by atoms with van der Waals surface area (Å²) < 4.78 is 0. The molecule has 1 fully saturated rings. The molecule has 4 nitrogen and oxygen atoms in total. The Kier molecular flexibility index (Phi) is 4.64. The summed E-state index contributed by atoms with van der Waals surface area (Å²) in [6, 6.07) is 2.02. The molecule has 1 aromatic rings.